The Labute approximate surface area is 284 Å². The number of anilines is 3. The number of benzene rings is 4. The third-order valence-electron chi connectivity index (χ3n) is 6.60. The molecule has 1 aromatic heterocycles. The molecule has 232 valence electrons. The number of hydrogen-bond acceptors (Lipinski definition) is 7. The minimum Gasteiger partial charge on any atom is -0.378 e. The number of rotatable bonds is 11. The minimum absolute atomic E-state index is 0.0924. The molecular formula is C35H30BrN5O3S2. The fourth-order valence-electron chi connectivity index (χ4n) is 4.23. The molecular weight excluding hydrogens is 682 g/mol. The third-order valence-corrected chi connectivity index (χ3v) is 8.88. The zero-order valence-corrected chi connectivity index (χ0v) is 28.2. The Morgan fingerprint density at radius 1 is 0.891 bits per heavy atom. The second-order valence-corrected chi connectivity index (χ2v) is 13.1. The Kier molecular flexibility index (Phi) is 11.0. The molecule has 0 saturated heterocycles. The molecule has 0 spiro atoms. The van der Waals surface area contributed by atoms with Gasteiger partial charge in [0.15, 0.2) is 5.13 Å². The summed E-state index contributed by atoms with van der Waals surface area (Å²) in [6.45, 7) is 0. The van der Waals surface area contributed by atoms with Crippen LogP contribution in [-0.2, 0) is 9.59 Å². The maximum absolute atomic E-state index is 13.5. The first-order valence-corrected chi connectivity index (χ1v) is 16.8. The van der Waals surface area contributed by atoms with Crippen LogP contribution in [0.25, 0.3) is 17.3 Å². The van der Waals surface area contributed by atoms with E-state index in [1.807, 2.05) is 85.0 Å². The lowest BCUT2D eigenvalue weighted by Gasteiger charge is -2.14. The molecule has 46 heavy (non-hydrogen) atoms. The number of amides is 3. The first kappa shape index (κ1) is 32.7. The highest BCUT2D eigenvalue weighted by Crippen LogP contribution is 2.27. The van der Waals surface area contributed by atoms with E-state index in [9.17, 15) is 14.4 Å². The van der Waals surface area contributed by atoms with Crippen LogP contribution in [0.3, 0.4) is 0 Å². The van der Waals surface area contributed by atoms with Crippen LogP contribution >= 0.6 is 39.0 Å². The number of nitrogens with zero attached hydrogens (tertiary/aromatic N) is 2. The quantitative estimate of drug-likeness (QED) is 0.0956. The highest BCUT2D eigenvalue weighted by Gasteiger charge is 2.16. The van der Waals surface area contributed by atoms with Gasteiger partial charge in [0, 0.05) is 51.3 Å². The smallest absolute Gasteiger partial charge is 0.272 e. The first-order valence-electron chi connectivity index (χ1n) is 14.1. The van der Waals surface area contributed by atoms with Crippen molar-refractivity contribution in [2.75, 3.05) is 35.4 Å². The van der Waals surface area contributed by atoms with Gasteiger partial charge in [-0.05, 0) is 66.2 Å². The Balaban J connectivity index is 1.23. The van der Waals surface area contributed by atoms with Gasteiger partial charge in [-0.2, -0.15) is 0 Å². The number of nitrogens with one attached hydrogen (secondary N) is 3. The number of halogens is 1. The molecule has 5 rings (SSSR count). The van der Waals surface area contributed by atoms with E-state index in [1.165, 1.54) is 23.1 Å². The van der Waals surface area contributed by atoms with Crippen molar-refractivity contribution in [2.45, 2.75) is 4.90 Å². The Hall–Kier alpha value is -4.71. The summed E-state index contributed by atoms with van der Waals surface area (Å²) in [4.78, 5) is 46.4. The monoisotopic (exact) mass is 711 g/mol. The molecule has 8 nitrogen and oxygen atoms in total. The minimum atomic E-state index is -0.480. The molecule has 0 aliphatic heterocycles. The molecule has 3 amide bonds. The van der Waals surface area contributed by atoms with E-state index in [0.717, 1.165) is 31.9 Å². The van der Waals surface area contributed by atoms with Crippen molar-refractivity contribution >= 4 is 79.3 Å². The predicted octanol–water partition coefficient (Wildman–Crippen LogP) is 7.78. The van der Waals surface area contributed by atoms with Gasteiger partial charge in [-0.25, -0.2) is 4.98 Å². The Morgan fingerprint density at radius 2 is 1.63 bits per heavy atom. The van der Waals surface area contributed by atoms with Crippen LogP contribution < -0.4 is 20.9 Å². The highest BCUT2D eigenvalue weighted by atomic mass is 79.9. The average Bonchev–Trinajstić information content (AvgIpc) is 3.53. The van der Waals surface area contributed by atoms with Gasteiger partial charge in [-0.15, -0.1) is 23.1 Å². The van der Waals surface area contributed by atoms with Crippen LogP contribution in [0, 0.1) is 0 Å². The summed E-state index contributed by atoms with van der Waals surface area (Å²) in [5.74, 6) is -0.908. The van der Waals surface area contributed by atoms with E-state index in [2.05, 4.69) is 36.9 Å². The Morgan fingerprint density at radius 3 is 2.35 bits per heavy atom. The van der Waals surface area contributed by atoms with Crippen molar-refractivity contribution < 1.29 is 14.4 Å². The van der Waals surface area contributed by atoms with E-state index in [0.29, 0.717) is 16.4 Å². The fourth-order valence-corrected chi connectivity index (χ4v) is 5.98. The molecule has 3 N–H and O–H groups in total. The van der Waals surface area contributed by atoms with Crippen molar-refractivity contribution in [3.05, 3.63) is 130 Å². The van der Waals surface area contributed by atoms with Crippen molar-refractivity contribution in [1.82, 2.24) is 10.3 Å². The standard InChI is InChI=1S/C35H30BrN5O3S2/c1-41(2)28-17-11-23(12-18-28)19-30(38-33(43)25-7-4-3-5-8-25)34(44)37-27-9-6-10-29(20-27)45-22-32(42)40-35-39-31(21-46-35)24-13-15-26(36)16-14-24/h3-21H,22H2,1-2H3,(H,37,44)(H,38,43)(H,39,40,42)/b30-19+. The fraction of sp³-hybridized carbons (Fsp3) is 0.0857. The van der Waals surface area contributed by atoms with Gasteiger partial charge in [0.1, 0.15) is 5.70 Å². The summed E-state index contributed by atoms with van der Waals surface area (Å²) in [5.41, 5.74) is 4.58. The summed E-state index contributed by atoms with van der Waals surface area (Å²) < 4.78 is 0.985. The zero-order valence-electron chi connectivity index (χ0n) is 25.0. The topological polar surface area (TPSA) is 103 Å². The van der Waals surface area contributed by atoms with Gasteiger partial charge in [0.05, 0.1) is 11.4 Å². The van der Waals surface area contributed by atoms with Crippen molar-refractivity contribution in [3.8, 4) is 11.3 Å². The molecule has 0 fully saturated rings. The van der Waals surface area contributed by atoms with Gasteiger partial charge < -0.3 is 20.9 Å². The number of aromatic nitrogens is 1. The number of thioether (sulfide) groups is 1. The van der Waals surface area contributed by atoms with Gasteiger partial charge >= 0.3 is 0 Å². The Bertz CT molecular complexity index is 1860. The number of thiazole rings is 1. The molecule has 0 radical (unpaired) electrons. The average molecular weight is 713 g/mol. The summed E-state index contributed by atoms with van der Waals surface area (Å²) in [6, 6.07) is 31.4. The molecule has 0 unspecified atom stereocenters. The molecule has 1 heterocycles. The summed E-state index contributed by atoms with van der Waals surface area (Å²) >= 11 is 6.14. The van der Waals surface area contributed by atoms with Crippen molar-refractivity contribution in [1.29, 1.82) is 0 Å². The molecule has 4 aromatic carbocycles. The third kappa shape index (κ3) is 9.16. The lowest BCUT2D eigenvalue weighted by molar-refractivity contribution is -0.114. The van der Waals surface area contributed by atoms with Crippen LogP contribution in [0.2, 0.25) is 0 Å². The summed E-state index contributed by atoms with van der Waals surface area (Å²) in [7, 11) is 3.90. The lowest BCUT2D eigenvalue weighted by Crippen LogP contribution is -2.30. The van der Waals surface area contributed by atoms with Crippen LogP contribution in [0.4, 0.5) is 16.5 Å². The zero-order chi connectivity index (χ0) is 32.5. The molecule has 0 bridgehead atoms. The van der Waals surface area contributed by atoms with Crippen LogP contribution in [-0.4, -0.2) is 42.6 Å². The van der Waals surface area contributed by atoms with E-state index in [4.69, 9.17) is 0 Å². The summed E-state index contributed by atoms with van der Waals surface area (Å²) in [6.07, 6.45) is 1.64. The van der Waals surface area contributed by atoms with E-state index >= 15 is 0 Å². The van der Waals surface area contributed by atoms with Crippen LogP contribution in [0.1, 0.15) is 15.9 Å². The number of carbonyl (C=O) groups excluding carboxylic acids is 3. The maximum Gasteiger partial charge on any atom is 0.272 e. The second kappa shape index (κ2) is 15.5. The van der Waals surface area contributed by atoms with Crippen molar-refractivity contribution in [3.63, 3.8) is 0 Å². The SMILES string of the molecule is CN(C)c1ccc(/C=C(/NC(=O)c2ccccc2)C(=O)Nc2cccc(SCC(=O)Nc3nc(-c4ccc(Br)cc4)cs3)c2)cc1. The highest BCUT2D eigenvalue weighted by molar-refractivity contribution is 9.10. The molecule has 5 aromatic rings. The van der Waals surface area contributed by atoms with Gasteiger partial charge in [-0.3, -0.25) is 14.4 Å². The molecule has 11 heteroatoms. The molecule has 0 aliphatic carbocycles. The largest absolute Gasteiger partial charge is 0.378 e. The van der Waals surface area contributed by atoms with E-state index < -0.39 is 11.8 Å². The van der Waals surface area contributed by atoms with Gasteiger partial charge in [0.2, 0.25) is 5.91 Å². The summed E-state index contributed by atoms with van der Waals surface area (Å²) in [5, 5.41) is 10.9. The second-order valence-electron chi connectivity index (χ2n) is 10.2. The molecule has 0 aliphatic rings. The van der Waals surface area contributed by atoms with Gasteiger partial charge in [0.25, 0.3) is 11.8 Å². The predicted molar refractivity (Wildman–Crippen MR) is 192 cm³/mol. The maximum atomic E-state index is 13.5. The number of hydrogen-bond donors (Lipinski definition) is 3. The van der Waals surface area contributed by atoms with E-state index in [1.54, 1.807) is 48.5 Å². The lowest BCUT2D eigenvalue weighted by atomic mass is 10.1. The normalized spacial score (nSPS) is 11.1. The van der Waals surface area contributed by atoms with Crippen molar-refractivity contribution in [2.24, 2.45) is 0 Å². The molecule has 0 atom stereocenters. The van der Waals surface area contributed by atoms with Crippen LogP contribution in [0.15, 0.2) is 124 Å². The van der Waals surface area contributed by atoms with Gasteiger partial charge in [-0.1, -0.05) is 64.5 Å². The van der Waals surface area contributed by atoms with Crippen LogP contribution in [0.5, 0.6) is 0 Å². The first-order chi connectivity index (χ1) is 22.2. The molecule has 0 saturated carbocycles. The van der Waals surface area contributed by atoms with E-state index in [-0.39, 0.29) is 17.4 Å². The number of carbonyl (C=O) groups is 3.